The van der Waals surface area contributed by atoms with Crippen molar-refractivity contribution in [1.82, 2.24) is 0 Å². The minimum absolute atomic E-state index is 0.130. The van der Waals surface area contributed by atoms with Gasteiger partial charge in [-0.05, 0) is 78.1 Å². The minimum Gasteiger partial charge on any atom is -0.481 e. The summed E-state index contributed by atoms with van der Waals surface area (Å²) in [5, 5.41) is 16.4. The van der Waals surface area contributed by atoms with Crippen molar-refractivity contribution in [3.05, 3.63) is 0 Å². The second kappa shape index (κ2) is 88.3. The smallest absolute Gasteiger partial charge is 0.481 e. The summed E-state index contributed by atoms with van der Waals surface area (Å²) < 4.78 is 73.7. The molecule has 0 amide bonds. The molecule has 112 heavy (non-hydrogen) atoms. The molecule has 0 aliphatic carbocycles. The number of unbranched alkanes of at least 4 members (excludes halogenated alkanes) is 36. The first-order valence-electron chi connectivity index (χ1n) is 40.8. The molecule has 0 saturated heterocycles. The molecule has 0 aliphatic rings. The Morgan fingerprint density at radius 2 is 0.321 bits per heavy atom. The van der Waals surface area contributed by atoms with E-state index in [1.165, 1.54) is 154 Å². The van der Waals surface area contributed by atoms with E-state index in [4.69, 9.17) is 29.2 Å². The summed E-state index contributed by atoms with van der Waals surface area (Å²) in [6.07, 6.45) is 43.3. The average molecular weight is 1610 g/mol. The van der Waals surface area contributed by atoms with E-state index >= 15 is 0 Å². The Kier molecular flexibility index (Phi) is 86.9. The van der Waals surface area contributed by atoms with E-state index in [2.05, 4.69) is 70.7 Å². The van der Waals surface area contributed by atoms with Crippen LogP contribution in [0.3, 0.4) is 0 Å². The first kappa shape index (κ1) is 110. The van der Waals surface area contributed by atoms with Crippen LogP contribution in [-0.2, 0) is 124 Å². The number of carbonyl (C=O) groups is 14. The summed E-state index contributed by atoms with van der Waals surface area (Å²) in [5.74, 6) is -5.24. The highest BCUT2D eigenvalue weighted by Gasteiger charge is 2.14. The van der Waals surface area contributed by atoms with E-state index in [1.54, 1.807) is 13.8 Å². The lowest BCUT2D eigenvalue weighted by Gasteiger charge is -2.07. The van der Waals surface area contributed by atoms with Crippen LogP contribution < -0.4 is 0 Å². The van der Waals surface area contributed by atoms with Gasteiger partial charge in [0.1, 0.15) is 0 Å². The van der Waals surface area contributed by atoms with Gasteiger partial charge in [0, 0.05) is 64.2 Å². The normalized spacial score (nSPS) is 10.3. The number of carboxylic acids is 2. The SMILES string of the molecule is CCCCCCCCCCCCCCCCCC(=O)OCOC(=O)CCCCCC(=O)OCOC(=O)CCCCCCCCCCCCCCCCC.CCOC(=O)OCOC(=O)CCCCCC(=O)OCOC(=O)OCC.COC(=O)OCOC(=O)CCCCCC(=O)OCOC(=O)OC.O=C(O)CCCCCC(=O)O. The molecule has 0 rings (SSSR count). The lowest BCUT2D eigenvalue weighted by atomic mass is 10.0. The van der Waals surface area contributed by atoms with E-state index < -0.39 is 99.5 Å². The van der Waals surface area contributed by atoms with Crippen molar-refractivity contribution in [2.45, 2.75) is 362 Å². The molecular weight excluding hydrogens is 1470 g/mol. The van der Waals surface area contributed by atoms with Gasteiger partial charge < -0.3 is 86.0 Å². The molecule has 0 aromatic carbocycles. The predicted molar refractivity (Wildman–Crippen MR) is 408 cm³/mol. The Hall–Kier alpha value is -8.22. The minimum atomic E-state index is -0.938. The van der Waals surface area contributed by atoms with E-state index in [1.807, 2.05) is 0 Å². The van der Waals surface area contributed by atoms with E-state index in [9.17, 15) is 67.1 Å². The van der Waals surface area contributed by atoms with Crippen LogP contribution in [0.1, 0.15) is 362 Å². The molecule has 2 N–H and O–H groups in total. The third-order valence-electron chi connectivity index (χ3n) is 16.4. The molecular formula is C80H140O32. The molecule has 0 spiro atoms. The number of hydrogen-bond donors (Lipinski definition) is 2. The highest BCUT2D eigenvalue weighted by atomic mass is 16.8. The molecule has 0 radical (unpaired) electrons. The first-order chi connectivity index (χ1) is 54.1. The molecule has 0 aliphatic heterocycles. The molecule has 652 valence electrons. The molecule has 0 aromatic rings. The van der Waals surface area contributed by atoms with Gasteiger partial charge in [0.2, 0.25) is 40.8 Å². The zero-order valence-corrected chi connectivity index (χ0v) is 68.6. The van der Waals surface area contributed by atoms with Crippen molar-refractivity contribution in [3.8, 4) is 0 Å². The second-order valence-electron chi connectivity index (χ2n) is 26.1. The summed E-state index contributed by atoms with van der Waals surface area (Å²) in [6.45, 7) is 5.42. The molecule has 0 atom stereocenters. The highest BCUT2D eigenvalue weighted by Crippen LogP contribution is 2.17. The van der Waals surface area contributed by atoms with Crippen molar-refractivity contribution in [1.29, 1.82) is 0 Å². The Bertz CT molecular complexity index is 2230. The number of esters is 8. The van der Waals surface area contributed by atoms with Crippen molar-refractivity contribution in [2.24, 2.45) is 0 Å². The number of rotatable bonds is 70. The van der Waals surface area contributed by atoms with Crippen molar-refractivity contribution >= 4 is 84.3 Å². The van der Waals surface area contributed by atoms with Crippen LogP contribution in [0.2, 0.25) is 0 Å². The fourth-order valence-electron chi connectivity index (χ4n) is 10.1. The van der Waals surface area contributed by atoms with Crippen LogP contribution in [0.5, 0.6) is 0 Å². The lowest BCUT2D eigenvalue weighted by molar-refractivity contribution is -0.168. The molecule has 0 saturated carbocycles. The van der Waals surface area contributed by atoms with Gasteiger partial charge in [0.15, 0.2) is 0 Å². The van der Waals surface area contributed by atoms with Crippen LogP contribution in [0.25, 0.3) is 0 Å². The maximum atomic E-state index is 11.9. The number of carbonyl (C=O) groups excluding carboxylic acids is 12. The van der Waals surface area contributed by atoms with Crippen molar-refractivity contribution in [2.75, 3.05) is 68.2 Å². The molecule has 0 heterocycles. The number of aliphatic carboxylic acids is 2. The number of ether oxygens (including phenoxy) is 16. The van der Waals surface area contributed by atoms with Gasteiger partial charge in [-0.2, -0.15) is 0 Å². The lowest BCUT2D eigenvalue weighted by Crippen LogP contribution is -2.14. The summed E-state index contributed by atoms with van der Waals surface area (Å²) in [6, 6.07) is 0. The third kappa shape index (κ3) is 96.0. The summed E-state index contributed by atoms with van der Waals surface area (Å²) >= 11 is 0. The van der Waals surface area contributed by atoms with Gasteiger partial charge in [-0.1, -0.05) is 219 Å². The quantitative estimate of drug-likeness (QED) is 0.0247. The maximum Gasteiger partial charge on any atom is 0.511 e. The van der Waals surface area contributed by atoms with Crippen LogP contribution in [0.15, 0.2) is 0 Å². The second-order valence-corrected chi connectivity index (χ2v) is 26.1. The Labute approximate surface area is 664 Å². The maximum absolute atomic E-state index is 11.9. The number of methoxy groups -OCH3 is 2. The topological polar surface area (TPSA) is 427 Å². The molecule has 0 aromatic heterocycles. The molecule has 0 unspecified atom stereocenters. The fourth-order valence-corrected chi connectivity index (χ4v) is 10.1. The summed E-state index contributed by atoms with van der Waals surface area (Å²) in [4.78, 5) is 155. The van der Waals surface area contributed by atoms with Gasteiger partial charge in [-0.15, -0.1) is 0 Å². The van der Waals surface area contributed by atoms with E-state index in [0.29, 0.717) is 89.9 Å². The Morgan fingerprint density at radius 3 is 0.482 bits per heavy atom. The molecule has 0 fully saturated rings. The summed E-state index contributed by atoms with van der Waals surface area (Å²) in [5.41, 5.74) is 0. The van der Waals surface area contributed by atoms with Crippen molar-refractivity contribution in [3.63, 3.8) is 0 Å². The van der Waals surface area contributed by atoms with E-state index in [-0.39, 0.29) is 90.1 Å². The Morgan fingerprint density at radius 1 is 0.179 bits per heavy atom. The van der Waals surface area contributed by atoms with Gasteiger partial charge in [0.25, 0.3) is 0 Å². The largest absolute Gasteiger partial charge is 0.511 e. The predicted octanol–water partition coefficient (Wildman–Crippen LogP) is 18.4. The van der Waals surface area contributed by atoms with Crippen molar-refractivity contribution < 1.29 is 153 Å². The fraction of sp³-hybridized carbons (Fsp3) is 0.825. The first-order valence-corrected chi connectivity index (χ1v) is 40.8. The number of carboxylic acid groups (broad SMARTS) is 2. The van der Waals surface area contributed by atoms with Crippen LogP contribution in [-0.4, -0.2) is 163 Å². The van der Waals surface area contributed by atoms with Crippen LogP contribution in [0.4, 0.5) is 19.2 Å². The van der Waals surface area contributed by atoms with Crippen LogP contribution in [0, 0.1) is 0 Å². The molecule has 32 heteroatoms. The van der Waals surface area contributed by atoms with Gasteiger partial charge in [0.05, 0.1) is 27.4 Å². The Balaban J connectivity index is -0.000000812. The summed E-state index contributed by atoms with van der Waals surface area (Å²) in [7, 11) is 2.27. The van der Waals surface area contributed by atoms with Gasteiger partial charge in [-0.3, -0.25) is 47.9 Å². The average Bonchev–Trinajstić information content (AvgIpc) is 1.05. The third-order valence-corrected chi connectivity index (χ3v) is 16.4. The standard InChI is InChI=1S/C45H84O8.C15H24O10.C13H20O10.C7H12O4/c1-3-5-7-9-11-13-15-17-19-21-23-25-27-29-32-36-42(46)50-40-52-44(48)38-34-31-35-39-45(49)53-41-51-43(47)37-33-30-28-26-24-22-20-18-16-14-12-10-8-6-4-2;1-3-20-14(18)24-10-22-12(16)8-6-5-7-9-13(17)23-11-25-15(19)21-4-2;1-18-12(16)22-8-20-10(14)6-4-3-5-7-11(15)21-9-23-13(17)19-2;8-6(9)4-2-1-3-5-7(10)11/h3-41H2,1-2H3;3-11H2,1-2H3;3-9H2,1-2H3;1-5H2,(H,8,9)(H,10,11). The van der Waals surface area contributed by atoms with Crippen LogP contribution >= 0.6 is 0 Å². The van der Waals surface area contributed by atoms with Gasteiger partial charge in [-0.25, -0.2) is 19.2 Å². The van der Waals surface area contributed by atoms with E-state index in [0.717, 1.165) is 52.7 Å². The zero-order valence-electron chi connectivity index (χ0n) is 68.6. The monoisotopic (exact) mass is 1610 g/mol. The van der Waals surface area contributed by atoms with Gasteiger partial charge >= 0.3 is 84.3 Å². The molecule has 32 nitrogen and oxygen atoms in total. The highest BCUT2D eigenvalue weighted by molar-refractivity contribution is 5.73. The zero-order chi connectivity index (χ0) is 83.8. The number of hydrogen-bond acceptors (Lipinski definition) is 30. The molecule has 0 bridgehead atoms.